The normalized spacial score (nSPS) is 24.3. The Kier molecular flexibility index (Phi) is 6.66. The van der Waals surface area contributed by atoms with E-state index in [1.165, 1.54) is 5.69 Å². The summed E-state index contributed by atoms with van der Waals surface area (Å²) in [7, 11) is 0. The molecule has 0 unspecified atom stereocenters. The number of piperidine rings is 1. The summed E-state index contributed by atoms with van der Waals surface area (Å²) in [6.07, 6.45) is 9.34. The zero-order valence-electron chi connectivity index (χ0n) is 20.1. The number of rotatable bonds is 5. The molecule has 2 fully saturated rings. The molecule has 0 amide bonds. The highest BCUT2D eigenvalue weighted by Crippen LogP contribution is 2.36. The molecule has 0 spiro atoms. The molecule has 4 heterocycles. The fourth-order valence-corrected chi connectivity index (χ4v) is 5.35. The summed E-state index contributed by atoms with van der Waals surface area (Å²) in [6.45, 7) is 10.9. The summed E-state index contributed by atoms with van der Waals surface area (Å²) in [5.41, 5.74) is 5.11. The smallest absolute Gasteiger partial charge is 0.225 e. The second-order valence-electron chi connectivity index (χ2n) is 9.83. The molecule has 34 heavy (non-hydrogen) atoms. The van der Waals surface area contributed by atoms with Gasteiger partial charge in [0.1, 0.15) is 6.07 Å². The minimum Gasteiger partial charge on any atom is -0.380 e. The van der Waals surface area contributed by atoms with Crippen LogP contribution in [0.2, 0.25) is 0 Å². The van der Waals surface area contributed by atoms with Crippen LogP contribution in [0.3, 0.4) is 0 Å². The van der Waals surface area contributed by atoms with Gasteiger partial charge in [-0.15, -0.1) is 0 Å². The maximum absolute atomic E-state index is 9.51. The summed E-state index contributed by atoms with van der Waals surface area (Å²) in [4.78, 5) is 14.0. The predicted molar refractivity (Wildman–Crippen MR) is 137 cm³/mol. The van der Waals surface area contributed by atoms with Crippen molar-refractivity contribution in [2.75, 3.05) is 54.4 Å². The van der Waals surface area contributed by atoms with Crippen molar-refractivity contribution in [3.8, 4) is 6.07 Å². The molecule has 2 saturated heterocycles. The maximum Gasteiger partial charge on any atom is 0.225 e. The molecule has 178 valence electrons. The summed E-state index contributed by atoms with van der Waals surface area (Å²) in [6, 6.07) is 7.21. The number of fused-ring (bicyclic) bond motifs is 1. The largest absolute Gasteiger partial charge is 0.380 e. The van der Waals surface area contributed by atoms with E-state index in [0.717, 1.165) is 75.0 Å². The van der Waals surface area contributed by atoms with E-state index < -0.39 is 0 Å². The van der Waals surface area contributed by atoms with Crippen molar-refractivity contribution in [3.05, 3.63) is 47.3 Å². The highest BCUT2D eigenvalue weighted by atomic mass is 15.3. The van der Waals surface area contributed by atoms with E-state index in [0.29, 0.717) is 23.6 Å². The van der Waals surface area contributed by atoms with Gasteiger partial charge in [-0.2, -0.15) is 5.26 Å². The molecule has 3 aliphatic rings. The third-order valence-electron chi connectivity index (χ3n) is 6.96. The van der Waals surface area contributed by atoms with E-state index in [9.17, 15) is 5.26 Å². The summed E-state index contributed by atoms with van der Waals surface area (Å²) < 4.78 is 0. The zero-order valence-corrected chi connectivity index (χ0v) is 20.1. The first-order chi connectivity index (χ1) is 16.6. The molecule has 1 aromatic heterocycles. The van der Waals surface area contributed by atoms with Crippen molar-refractivity contribution in [2.24, 2.45) is 5.92 Å². The highest BCUT2D eigenvalue weighted by molar-refractivity contribution is 5.84. The number of benzene rings is 1. The summed E-state index contributed by atoms with van der Waals surface area (Å²) in [5, 5.41) is 20.1. The molecular formula is C26H34N8. The zero-order chi connectivity index (χ0) is 23.5. The average Bonchev–Trinajstić information content (AvgIpc) is 2.87. The molecule has 8 heteroatoms. The Morgan fingerprint density at radius 3 is 2.79 bits per heavy atom. The number of anilines is 3. The Hall–Kier alpha value is -3.15. The van der Waals surface area contributed by atoms with Crippen LogP contribution in [0.25, 0.3) is 6.08 Å². The van der Waals surface area contributed by atoms with Crippen LogP contribution < -0.4 is 25.8 Å². The van der Waals surface area contributed by atoms with Crippen LogP contribution in [0, 0.1) is 17.2 Å². The van der Waals surface area contributed by atoms with Crippen molar-refractivity contribution in [3.63, 3.8) is 0 Å². The quantitative estimate of drug-likeness (QED) is 0.630. The molecule has 3 N–H and O–H groups in total. The van der Waals surface area contributed by atoms with Crippen LogP contribution in [0.4, 0.5) is 17.3 Å². The number of nitrogens with zero attached hydrogens (tertiary/aromatic N) is 5. The van der Waals surface area contributed by atoms with Gasteiger partial charge in [0, 0.05) is 87.1 Å². The SMILES string of the molecule is C[C@H]1C[C@@H](NCc2cnc(N3CCN[C@H](C)C3)nc2)CN(c2ccc(C#N)c3c2C=CCN3)C1. The molecular weight excluding hydrogens is 424 g/mol. The Balaban J connectivity index is 1.24. The molecule has 3 aliphatic heterocycles. The van der Waals surface area contributed by atoms with Gasteiger partial charge in [-0.05, 0) is 31.4 Å². The monoisotopic (exact) mass is 458 g/mol. The Morgan fingerprint density at radius 2 is 2.00 bits per heavy atom. The Labute approximate surface area is 202 Å². The first-order valence-corrected chi connectivity index (χ1v) is 12.4. The lowest BCUT2D eigenvalue weighted by Gasteiger charge is -2.39. The van der Waals surface area contributed by atoms with Gasteiger partial charge in [0.15, 0.2) is 0 Å². The van der Waals surface area contributed by atoms with Crippen molar-refractivity contribution in [2.45, 2.75) is 38.9 Å². The lowest BCUT2D eigenvalue weighted by atomic mass is 9.93. The van der Waals surface area contributed by atoms with Crippen LogP contribution in [-0.4, -0.2) is 61.3 Å². The second-order valence-corrected chi connectivity index (χ2v) is 9.83. The van der Waals surface area contributed by atoms with E-state index in [4.69, 9.17) is 0 Å². The van der Waals surface area contributed by atoms with Crippen molar-refractivity contribution < 1.29 is 0 Å². The molecule has 8 nitrogen and oxygen atoms in total. The molecule has 0 radical (unpaired) electrons. The Morgan fingerprint density at radius 1 is 1.15 bits per heavy atom. The van der Waals surface area contributed by atoms with E-state index in [1.54, 1.807) is 0 Å². The highest BCUT2D eigenvalue weighted by Gasteiger charge is 2.27. The molecule has 0 aliphatic carbocycles. The molecule has 1 aromatic carbocycles. The fraction of sp³-hybridized carbons (Fsp3) is 0.500. The van der Waals surface area contributed by atoms with E-state index in [2.05, 4.69) is 73.9 Å². The van der Waals surface area contributed by atoms with E-state index in [-0.39, 0.29) is 0 Å². The van der Waals surface area contributed by atoms with Crippen molar-refractivity contribution in [1.82, 2.24) is 20.6 Å². The average molecular weight is 459 g/mol. The van der Waals surface area contributed by atoms with E-state index >= 15 is 0 Å². The molecule has 2 aromatic rings. The van der Waals surface area contributed by atoms with Crippen molar-refractivity contribution >= 4 is 23.4 Å². The number of aromatic nitrogens is 2. The van der Waals surface area contributed by atoms with Crippen LogP contribution in [0.15, 0.2) is 30.6 Å². The van der Waals surface area contributed by atoms with Gasteiger partial charge in [0.05, 0.1) is 11.3 Å². The van der Waals surface area contributed by atoms with Gasteiger partial charge in [-0.3, -0.25) is 0 Å². The van der Waals surface area contributed by atoms with E-state index in [1.807, 2.05) is 18.5 Å². The minimum atomic E-state index is 0.379. The molecule has 0 saturated carbocycles. The minimum absolute atomic E-state index is 0.379. The third-order valence-corrected chi connectivity index (χ3v) is 6.96. The number of nitriles is 1. The van der Waals surface area contributed by atoms with Crippen LogP contribution in [0.1, 0.15) is 37.0 Å². The van der Waals surface area contributed by atoms with Gasteiger partial charge in [-0.25, -0.2) is 9.97 Å². The van der Waals surface area contributed by atoms with Crippen LogP contribution in [0.5, 0.6) is 0 Å². The third kappa shape index (κ3) is 4.86. The van der Waals surface area contributed by atoms with Gasteiger partial charge in [0.2, 0.25) is 5.95 Å². The first-order valence-electron chi connectivity index (χ1n) is 12.4. The van der Waals surface area contributed by atoms with Gasteiger partial charge in [0.25, 0.3) is 0 Å². The van der Waals surface area contributed by atoms with Gasteiger partial charge >= 0.3 is 0 Å². The number of nitrogens with one attached hydrogen (secondary N) is 3. The molecule has 0 bridgehead atoms. The predicted octanol–water partition coefficient (Wildman–Crippen LogP) is 2.59. The first kappa shape index (κ1) is 22.6. The summed E-state index contributed by atoms with van der Waals surface area (Å²) in [5.74, 6) is 1.40. The van der Waals surface area contributed by atoms with Crippen molar-refractivity contribution in [1.29, 1.82) is 5.26 Å². The topological polar surface area (TPSA) is 92.1 Å². The van der Waals surface area contributed by atoms with Gasteiger partial charge in [-0.1, -0.05) is 19.1 Å². The molecule has 3 atom stereocenters. The lowest BCUT2D eigenvalue weighted by Crippen LogP contribution is -2.50. The molecule has 5 rings (SSSR count). The number of piperazine rings is 1. The maximum atomic E-state index is 9.51. The number of hydrogen-bond acceptors (Lipinski definition) is 8. The standard InChI is InChI=1S/C26H34N8/c1-18-10-22(30-12-20-13-31-26(32-14-20)33-9-8-28-19(2)16-33)17-34(15-18)24-6-5-21(11-27)25-23(24)4-3-7-29-25/h3-6,13-14,18-19,22,28-30H,7-10,12,15-17H2,1-2H3/t18-,19+,22+/m0/s1. The lowest BCUT2D eigenvalue weighted by molar-refractivity contribution is 0.349. The fourth-order valence-electron chi connectivity index (χ4n) is 5.35. The van der Waals surface area contributed by atoms with Gasteiger partial charge < -0.3 is 25.8 Å². The number of hydrogen-bond donors (Lipinski definition) is 3. The van der Waals surface area contributed by atoms with Crippen LogP contribution in [-0.2, 0) is 6.54 Å². The Bertz CT molecular complexity index is 1070. The van der Waals surface area contributed by atoms with Crippen LogP contribution >= 0.6 is 0 Å². The summed E-state index contributed by atoms with van der Waals surface area (Å²) >= 11 is 0. The second kappa shape index (κ2) is 10.00.